The molecule has 2 saturated heterocycles. The van der Waals surface area contributed by atoms with E-state index in [9.17, 15) is 0 Å². The quantitative estimate of drug-likeness (QED) is 0.814. The Bertz CT molecular complexity index is 271. The molecule has 0 bridgehead atoms. The van der Waals surface area contributed by atoms with Crippen LogP contribution in [0, 0.1) is 11.3 Å². The third-order valence-corrected chi connectivity index (χ3v) is 5.00. The summed E-state index contributed by atoms with van der Waals surface area (Å²) in [6.07, 6.45) is 4.12. The Morgan fingerprint density at radius 3 is 2.61 bits per heavy atom. The van der Waals surface area contributed by atoms with E-state index in [4.69, 9.17) is 5.73 Å². The molecule has 2 aliphatic heterocycles. The maximum absolute atomic E-state index is 6.32. The predicted octanol–water partition coefficient (Wildman–Crippen LogP) is 1.78. The standard InChI is InChI=1S/C15H31N3/c1-15(2,3)14(16)11-18-9-7-13-12(10-18)6-5-8-17(13)4/h12-14H,5-11,16H2,1-4H3. The Kier molecular flexibility index (Phi) is 4.35. The molecule has 2 aliphatic rings. The fraction of sp³-hybridized carbons (Fsp3) is 1.00. The number of hydrogen-bond acceptors (Lipinski definition) is 3. The summed E-state index contributed by atoms with van der Waals surface area (Å²) in [7, 11) is 2.30. The van der Waals surface area contributed by atoms with Gasteiger partial charge in [-0.2, -0.15) is 0 Å². The van der Waals surface area contributed by atoms with Crippen LogP contribution in [0.5, 0.6) is 0 Å². The van der Waals surface area contributed by atoms with E-state index in [1.165, 1.54) is 38.9 Å². The molecule has 18 heavy (non-hydrogen) atoms. The lowest BCUT2D eigenvalue weighted by Gasteiger charge is -2.47. The summed E-state index contributed by atoms with van der Waals surface area (Å²) >= 11 is 0. The summed E-state index contributed by atoms with van der Waals surface area (Å²) in [5.74, 6) is 0.879. The van der Waals surface area contributed by atoms with E-state index in [-0.39, 0.29) is 11.5 Å². The summed E-state index contributed by atoms with van der Waals surface area (Å²) in [6.45, 7) is 11.6. The van der Waals surface area contributed by atoms with Crippen LogP contribution in [-0.2, 0) is 0 Å². The Hall–Kier alpha value is -0.120. The SMILES string of the molecule is CN1CCCC2CN(CC(N)C(C)(C)C)CCC21. The minimum atomic E-state index is 0.222. The maximum Gasteiger partial charge on any atom is 0.0217 e. The van der Waals surface area contributed by atoms with Gasteiger partial charge in [0.05, 0.1) is 0 Å². The Morgan fingerprint density at radius 1 is 1.22 bits per heavy atom. The molecule has 2 N–H and O–H groups in total. The molecule has 3 nitrogen and oxygen atoms in total. The second-order valence-electron chi connectivity index (χ2n) is 7.47. The number of fused-ring (bicyclic) bond motifs is 1. The molecular formula is C15H31N3. The predicted molar refractivity (Wildman–Crippen MR) is 77.6 cm³/mol. The van der Waals surface area contributed by atoms with Crippen molar-refractivity contribution in [2.75, 3.05) is 33.2 Å². The molecule has 2 heterocycles. The first-order valence-electron chi connectivity index (χ1n) is 7.56. The number of rotatable bonds is 2. The van der Waals surface area contributed by atoms with Crippen molar-refractivity contribution in [2.24, 2.45) is 17.1 Å². The third-order valence-electron chi connectivity index (χ3n) is 5.00. The average molecular weight is 253 g/mol. The first kappa shape index (κ1) is 14.3. The molecule has 3 heteroatoms. The van der Waals surface area contributed by atoms with Gasteiger partial charge in [-0.25, -0.2) is 0 Å². The number of hydrogen-bond donors (Lipinski definition) is 1. The van der Waals surface area contributed by atoms with Crippen molar-refractivity contribution in [1.82, 2.24) is 9.80 Å². The highest BCUT2D eigenvalue weighted by Gasteiger charge is 2.35. The summed E-state index contributed by atoms with van der Waals surface area (Å²) in [4.78, 5) is 5.19. The lowest BCUT2D eigenvalue weighted by atomic mass is 9.82. The normalized spacial score (nSPS) is 33.2. The Morgan fingerprint density at radius 2 is 1.94 bits per heavy atom. The topological polar surface area (TPSA) is 32.5 Å². The number of nitrogens with zero attached hydrogens (tertiary/aromatic N) is 2. The number of likely N-dealkylation sites (tertiary alicyclic amines) is 2. The molecule has 2 fully saturated rings. The fourth-order valence-electron chi connectivity index (χ4n) is 3.45. The second kappa shape index (κ2) is 5.48. The average Bonchev–Trinajstić information content (AvgIpc) is 2.28. The highest BCUT2D eigenvalue weighted by Crippen LogP contribution is 2.30. The number of nitrogens with two attached hydrogens (primary N) is 1. The molecule has 106 valence electrons. The largest absolute Gasteiger partial charge is 0.326 e. The van der Waals surface area contributed by atoms with Gasteiger partial charge in [-0.3, -0.25) is 0 Å². The number of piperidine rings is 2. The molecule has 0 aromatic heterocycles. The van der Waals surface area contributed by atoms with Crippen LogP contribution in [0.4, 0.5) is 0 Å². The monoisotopic (exact) mass is 253 g/mol. The molecule has 2 rings (SSSR count). The van der Waals surface area contributed by atoms with E-state index in [1.807, 2.05) is 0 Å². The van der Waals surface area contributed by atoms with Crippen LogP contribution in [0.3, 0.4) is 0 Å². The van der Waals surface area contributed by atoms with Crippen LogP contribution in [0.2, 0.25) is 0 Å². The molecule has 0 aromatic carbocycles. The highest BCUT2D eigenvalue weighted by atomic mass is 15.2. The molecule has 0 aromatic rings. The van der Waals surface area contributed by atoms with Crippen LogP contribution in [0.25, 0.3) is 0 Å². The van der Waals surface area contributed by atoms with Gasteiger partial charge in [0.1, 0.15) is 0 Å². The zero-order valence-electron chi connectivity index (χ0n) is 12.7. The van der Waals surface area contributed by atoms with Crippen molar-refractivity contribution in [3.8, 4) is 0 Å². The molecule has 0 amide bonds. The second-order valence-corrected chi connectivity index (χ2v) is 7.47. The maximum atomic E-state index is 6.32. The summed E-state index contributed by atoms with van der Waals surface area (Å²) < 4.78 is 0. The van der Waals surface area contributed by atoms with E-state index in [0.717, 1.165) is 18.5 Å². The van der Waals surface area contributed by atoms with Crippen LogP contribution in [0.15, 0.2) is 0 Å². The van der Waals surface area contributed by atoms with Gasteiger partial charge >= 0.3 is 0 Å². The Balaban J connectivity index is 1.87. The van der Waals surface area contributed by atoms with Gasteiger partial charge < -0.3 is 15.5 Å². The van der Waals surface area contributed by atoms with E-state index in [0.29, 0.717) is 0 Å². The summed E-state index contributed by atoms with van der Waals surface area (Å²) in [6, 6.07) is 1.12. The van der Waals surface area contributed by atoms with Crippen LogP contribution >= 0.6 is 0 Å². The fourth-order valence-corrected chi connectivity index (χ4v) is 3.45. The van der Waals surface area contributed by atoms with Gasteiger partial charge in [0.15, 0.2) is 0 Å². The first-order valence-corrected chi connectivity index (χ1v) is 7.56. The minimum Gasteiger partial charge on any atom is -0.326 e. The van der Waals surface area contributed by atoms with Crippen molar-refractivity contribution in [3.63, 3.8) is 0 Å². The smallest absolute Gasteiger partial charge is 0.0217 e. The molecular weight excluding hydrogens is 222 g/mol. The van der Waals surface area contributed by atoms with E-state index in [1.54, 1.807) is 0 Å². The van der Waals surface area contributed by atoms with Crippen molar-refractivity contribution >= 4 is 0 Å². The van der Waals surface area contributed by atoms with E-state index < -0.39 is 0 Å². The van der Waals surface area contributed by atoms with E-state index in [2.05, 4.69) is 37.6 Å². The first-order chi connectivity index (χ1) is 8.38. The molecule has 0 radical (unpaired) electrons. The molecule has 3 unspecified atom stereocenters. The Labute approximate surface area is 113 Å². The van der Waals surface area contributed by atoms with Gasteiger partial charge in [-0.1, -0.05) is 20.8 Å². The van der Waals surface area contributed by atoms with Crippen LogP contribution < -0.4 is 5.73 Å². The van der Waals surface area contributed by atoms with Crippen molar-refractivity contribution in [2.45, 2.75) is 52.1 Å². The molecule has 0 aliphatic carbocycles. The van der Waals surface area contributed by atoms with Crippen molar-refractivity contribution < 1.29 is 0 Å². The summed E-state index contributed by atoms with van der Waals surface area (Å²) in [5.41, 5.74) is 6.55. The van der Waals surface area contributed by atoms with Crippen molar-refractivity contribution in [3.05, 3.63) is 0 Å². The zero-order chi connectivity index (χ0) is 13.3. The van der Waals surface area contributed by atoms with E-state index >= 15 is 0 Å². The highest BCUT2D eigenvalue weighted by molar-refractivity contribution is 4.91. The minimum absolute atomic E-state index is 0.222. The van der Waals surface area contributed by atoms with Gasteiger partial charge in [-0.05, 0) is 50.7 Å². The molecule has 3 atom stereocenters. The molecule has 0 saturated carbocycles. The van der Waals surface area contributed by atoms with Crippen molar-refractivity contribution in [1.29, 1.82) is 0 Å². The zero-order valence-corrected chi connectivity index (χ0v) is 12.7. The van der Waals surface area contributed by atoms with Crippen LogP contribution in [0.1, 0.15) is 40.0 Å². The van der Waals surface area contributed by atoms with Crippen LogP contribution in [-0.4, -0.2) is 55.1 Å². The van der Waals surface area contributed by atoms with Gasteiger partial charge in [0, 0.05) is 25.2 Å². The lowest BCUT2D eigenvalue weighted by Crippen LogP contribution is -2.55. The molecule has 0 spiro atoms. The van der Waals surface area contributed by atoms with Gasteiger partial charge in [-0.15, -0.1) is 0 Å². The third kappa shape index (κ3) is 3.25. The van der Waals surface area contributed by atoms with Gasteiger partial charge in [0.25, 0.3) is 0 Å². The lowest BCUT2D eigenvalue weighted by molar-refractivity contribution is 0.0315. The summed E-state index contributed by atoms with van der Waals surface area (Å²) in [5, 5.41) is 0. The van der Waals surface area contributed by atoms with Gasteiger partial charge in [0.2, 0.25) is 0 Å².